The largest absolute Gasteiger partial charge is 0.394 e. The third kappa shape index (κ3) is 3.42. The predicted molar refractivity (Wildman–Crippen MR) is 66.1 cm³/mol. The van der Waals surface area contributed by atoms with E-state index in [9.17, 15) is 4.79 Å². The van der Waals surface area contributed by atoms with Gasteiger partial charge in [0.25, 0.3) is 0 Å². The van der Waals surface area contributed by atoms with E-state index in [0.29, 0.717) is 17.6 Å². The molecule has 18 heavy (non-hydrogen) atoms. The highest BCUT2D eigenvalue weighted by Crippen LogP contribution is 2.36. The van der Waals surface area contributed by atoms with E-state index in [-0.39, 0.29) is 24.3 Å². The van der Waals surface area contributed by atoms with Gasteiger partial charge in [0.2, 0.25) is 11.1 Å². The van der Waals surface area contributed by atoms with Crippen molar-refractivity contribution in [3.63, 3.8) is 0 Å². The normalized spacial score (nSPS) is 16.6. The zero-order chi connectivity index (χ0) is 13.0. The van der Waals surface area contributed by atoms with Crippen molar-refractivity contribution in [1.29, 1.82) is 0 Å². The first kappa shape index (κ1) is 13.3. The minimum absolute atomic E-state index is 0.0350. The summed E-state index contributed by atoms with van der Waals surface area (Å²) in [5, 5.41) is 23.9. The number of amides is 1. The smallest absolute Gasteiger partial charge is 0.230 e. The average Bonchev–Trinajstić information content (AvgIpc) is 3.12. The number of tetrazole rings is 1. The summed E-state index contributed by atoms with van der Waals surface area (Å²) in [7, 11) is 0. The number of carbonyl (C=O) groups excluding carboxylic acids is 1. The van der Waals surface area contributed by atoms with E-state index >= 15 is 0 Å². The first-order valence-corrected chi connectivity index (χ1v) is 7.04. The molecule has 1 aromatic rings. The fraction of sp³-hybridized carbons (Fsp3) is 0.800. The molecule has 1 amide bonds. The van der Waals surface area contributed by atoms with Crippen molar-refractivity contribution in [2.24, 2.45) is 0 Å². The number of carbonyl (C=O) groups is 1. The van der Waals surface area contributed by atoms with Crippen molar-refractivity contribution in [3.05, 3.63) is 0 Å². The molecule has 0 radical (unpaired) electrons. The molecule has 1 heterocycles. The van der Waals surface area contributed by atoms with E-state index in [1.807, 2.05) is 6.92 Å². The van der Waals surface area contributed by atoms with Crippen molar-refractivity contribution in [2.75, 3.05) is 12.4 Å². The molecule has 0 aliphatic heterocycles. The quantitative estimate of drug-likeness (QED) is 0.677. The second kappa shape index (κ2) is 6.14. The van der Waals surface area contributed by atoms with Crippen molar-refractivity contribution in [1.82, 2.24) is 25.5 Å². The van der Waals surface area contributed by atoms with E-state index < -0.39 is 0 Å². The second-order valence-corrected chi connectivity index (χ2v) is 5.22. The summed E-state index contributed by atoms with van der Waals surface area (Å²) in [4.78, 5) is 11.6. The maximum absolute atomic E-state index is 11.6. The van der Waals surface area contributed by atoms with Crippen LogP contribution in [0.5, 0.6) is 0 Å². The summed E-state index contributed by atoms with van der Waals surface area (Å²) in [5.74, 6) is 0.162. The van der Waals surface area contributed by atoms with E-state index in [1.54, 1.807) is 4.68 Å². The number of aliphatic hydroxyl groups is 1. The molecule has 0 spiro atoms. The molecule has 1 atom stereocenters. The molecule has 1 fully saturated rings. The van der Waals surface area contributed by atoms with E-state index in [2.05, 4.69) is 20.8 Å². The summed E-state index contributed by atoms with van der Waals surface area (Å²) in [6.45, 7) is 1.88. The highest BCUT2D eigenvalue weighted by atomic mass is 32.2. The molecule has 0 bridgehead atoms. The molecule has 8 heteroatoms. The highest BCUT2D eigenvalue weighted by Gasteiger charge is 2.28. The molecule has 7 nitrogen and oxygen atoms in total. The molecule has 100 valence electrons. The summed E-state index contributed by atoms with van der Waals surface area (Å²) in [5.41, 5.74) is 0. The Labute approximate surface area is 109 Å². The molecule has 1 aliphatic carbocycles. The molecule has 1 aliphatic rings. The summed E-state index contributed by atoms with van der Waals surface area (Å²) in [6.07, 6.45) is 2.92. The Morgan fingerprint density at radius 3 is 3.06 bits per heavy atom. The molecule has 2 rings (SSSR count). The van der Waals surface area contributed by atoms with Crippen LogP contribution in [0, 0.1) is 0 Å². The monoisotopic (exact) mass is 271 g/mol. The van der Waals surface area contributed by atoms with Gasteiger partial charge in [0.05, 0.1) is 24.4 Å². The van der Waals surface area contributed by atoms with Crippen LogP contribution < -0.4 is 5.32 Å². The van der Waals surface area contributed by atoms with Gasteiger partial charge in [-0.15, -0.1) is 5.10 Å². The molecular weight excluding hydrogens is 254 g/mol. The lowest BCUT2D eigenvalue weighted by Crippen LogP contribution is -2.38. The summed E-state index contributed by atoms with van der Waals surface area (Å²) in [6, 6.07) is 0.240. The zero-order valence-electron chi connectivity index (χ0n) is 10.2. The van der Waals surface area contributed by atoms with Gasteiger partial charge in [-0.1, -0.05) is 18.7 Å². The van der Waals surface area contributed by atoms with Gasteiger partial charge in [0.15, 0.2) is 0 Å². The average molecular weight is 271 g/mol. The van der Waals surface area contributed by atoms with Gasteiger partial charge in [-0.25, -0.2) is 4.68 Å². The number of thioether (sulfide) groups is 1. The molecule has 2 N–H and O–H groups in total. The highest BCUT2D eigenvalue weighted by molar-refractivity contribution is 7.99. The Kier molecular flexibility index (Phi) is 4.54. The number of hydrogen-bond donors (Lipinski definition) is 2. The SMILES string of the molecule is CC[C@@H](CO)NC(=O)CSc1nnnn1C1CC1. The topological polar surface area (TPSA) is 92.9 Å². The van der Waals surface area contributed by atoms with Gasteiger partial charge in [-0.3, -0.25) is 4.79 Å². The van der Waals surface area contributed by atoms with Crippen molar-refractivity contribution in [3.8, 4) is 0 Å². The lowest BCUT2D eigenvalue weighted by Gasteiger charge is -2.13. The Bertz CT molecular complexity index is 403. The number of nitrogens with one attached hydrogen (secondary N) is 1. The van der Waals surface area contributed by atoms with Crippen LogP contribution in [0.4, 0.5) is 0 Å². The zero-order valence-corrected chi connectivity index (χ0v) is 11.1. The maximum Gasteiger partial charge on any atom is 0.230 e. The third-order valence-electron chi connectivity index (χ3n) is 2.77. The minimum Gasteiger partial charge on any atom is -0.394 e. The van der Waals surface area contributed by atoms with E-state index in [1.165, 1.54) is 11.8 Å². The Morgan fingerprint density at radius 2 is 2.44 bits per heavy atom. The van der Waals surface area contributed by atoms with Gasteiger partial charge in [0.1, 0.15) is 0 Å². The Hall–Kier alpha value is -1.15. The number of aromatic nitrogens is 4. The van der Waals surface area contributed by atoms with Crippen LogP contribution in [0.25, 0.3) is 0 Å². The standard InChI is InChI=1S/C10H17N5O2S/c1-2-7(5-16)11-9(17)6-18-10-12-13-14-15(10)8-3-4-8/h7-8,16H,2-6H2,1H3,(H,11,17)/t7-/m0/s1. The first-order valence-electron chi connectivity index (χ1n) is 6.05. The van der Waals surface area contributed by atoms with Gasteiger partial charge < -0.3 is 10.4 Å². The van der Waals surface area contributed by atoms with Crippen molar-refractivity contribution < 1.29 is 9.90 Å². The Morgan fingerprint density at radius 1 is 1.67 bits per heavy atom. The number of hydrogen-bond acceptors (Lipinski definition) is 6. The fourth-order valence-electron chi connectivity index (χ4n) is 1.50. The van der Waals surface area contributed by atoms with Crippen LogP contribution in [0.1, 0.15) is 32.2 Å². The maximum atomic E-state index is 11.6. The van der Waals surface area contributed by atoms with E-state index in [4.69, 9.17) is 5.11 Å². The predicted octanol–water partition coefficient (Wildman–Crippen LogP) is -0.0128. The van der Waals surface area contributed by atoms with Gasteiger partial charge >= 0.3 is 0 Å². The fourth-order valence-corrected chi connectivity index (χ4v) is 2.26. The summed E-state index contributed by atoms with van der Waals surface area (Å²) >= 11 is 1.33. The Balaban J connectivity index is 1.80. The number of rotatable bonds is 7. The molecule has 0 saturated heterocycles. The van der Waals surface area contributed by atoms with Crippen LogP contribution in [0.3, 0.4) is 0 Å². The van der Waals surface area contributed by atoms with Crippen LogP contribution in [0.15, 0.2) is 5.16 Å². The number of aliphatic hydroxyl groups excluding tert-OH is 1. The van der Waals surface area contributed by atoms with Crippen LogP contribution in [-0.2, 0) is 4.79 Å². The lowest BCUT2D eigenvalue weighted by atomic mass is 10.2. The minimum atomic E-state index is -0.169. The summed E-state index contributed by atoms with van der Waals surface area (Å²) < 4.78 is 1.78. The van der Waals surface area contributed by atoms with Gasteiger partial charge in [0, 0.05) is 0 Å². The van der Waals surface area contributed by atoms with E-state index in [0.717, 1.165) is 12.8 Å². The second-order valence-electron chi connectivity index (χ2n) is 4.28. The first-order chi connectivity index (χ1) is 8.74. The van der Waals surface area contributed by atoms with Crippen LogP contribution >= 0.6 is 11.8 Å². The molecule has 0 unspecified atom stereocenters. The van der Waals surface area contributed by atoms with Crippen molar-refractivity contribution >= 4 is 17.7 Å². The molecule has 0 aromatic carbocycles. The third-order valence-corrected chi connectivity index (χ3v) is 3.70. The molecular formula is C10H17N5O2S. The number of nitrogens with zero attached hydrogens (tertiary/aromatic N) is 4. The lowest BCUT2D eigenvalue weighted by molar-refractivity contribution is -0.119. The molecule has 1 aromatic heterocycles. The van der Waals surface area contributed by atoms with Gasteiger partial charge in [-0.2, -0.15) is 0 Å². The van der Waals surface area contributed by atoms with Gasteiger partial charge in [-0.05, 0) is 29.7 Å². The van der Waals surface area contributed by atoms with Crippen LogP contribution in [-0.4, -0.2) is 49.6 Å². The molecule has 1 saturated carbocycles. The van der Waals surface area contributed by atoms with Crippen LogP contribution in [0.2, 0.25) is 0 Å². The van der Waals surface area contributed by atoms with Crippen molar-refractivity contribution in [2.45, 2.75) is 43.4 Å².